The van der Waals surface area contributed by atoms with Gasteiger partial charge in [0, 0.05) is 50.7 Å². The lowest BCUT2D eigenvalue weighted by atomic mass is 10.1. The normalized spacial score (nSPS) is 18.2. The van der Waals surface area contributed by atoms with Crippen molar-refractivity contribution in [3.8, 4) is 0 Å². The Hall–Kier alpha value is -2.18. The highest BCUT2D eigenvalue weighted by Gasteiger charge is 2.19. The second-order valence-electron chi connectivity index (χ2n) is 5.50. The van der Waals surface area contributed by atoms with E-state index in [0.29, 0.717) is 0 Å². The highest BCUT2D eigenvalue weighted by atomic mass is 15.8. The minimum Gasteiger partial charge on any atom is -0.296 e. The Labute approximate surface area is 132 Å². The lowest BCUT2D eigenvalue weighted by Crippen LogP contribution is -2.37. The van der Waals surface area contributed by atoms with Gasteiger partial charge in [-0.15, -0.1) is 11.1 Å². The van der Waals surface area contributed by atoms with Crippen molar-refractivity contribution in [1.82, 2.24) is 31.1 Å². The molecule has 3 rings (SSSR count). The molecule has 2 aliphatic heterocycles. The molecule has 118 valence electrons. The standard InChI is InChI=1S/C16H24N6/c1-5-21-11-15(19(3)17-21)13-7-9-14(10-8-13)16-12-22(6-2)18-20(16)4/h7-12,17-18H,5-6H2,1-4H3. The zero-order valence-corrected chi connectivity index (χ0v) is 13.7. The molecule has 0 amide bonds. The van der Waals surface area contributed by atoms with Crippen LogP contribution in [0.5, 0.6) is 0 Å². The predicted molar refractivity (Wildman–Crippen MR) is 89.0 cm³/mol. The van der Waals surface area contributed by atoms with Gasteiger partial charge in [-0.3, -0.25) is 20.0 Å². The number of benzene rings is 1. The van der Waals surface area contributed by atoms with Gasteiger partial charge in [0.25, 0.3) is 0 Å². The maximum Gasteiger partial charge on any atom is 0.0780 e. The van der Waals surface area contributed by atoms with Crippen LogP contribution in [-0.4, -0.2) is 47.2 Å². The second kappa shape index (κ2) is 5.90. The molecule has 0 aliphatic carbocycles. The summed E-state index contributed by atoms with van der Waals surface area (Å²) in [5, 5.41) is 8.22. The Balaban J connectivity index is 1.82. The fourth-order valence-electron chi connectivity index (χ4n) is 2.69. The van der Waals surface area contributed by atoms with Gasteiger partial charge in [0.15, 0.2) is 0 Å². The predicted octanol–water partition coefficient (Wildman–Crippen LogP) is 1.66. The summed E-state index contributed by atoms with van der Waals surface area (Å²) in [4.78, 5) is 0. The van der Waals surface area contributed by atoms with Crippen LogP contribution in [0.25, 0.3) is 11.4 Å². The second-order valence-corrected chi connectivity index (χ2v) is 5.50. The highest BCUT2D eigenvalue weighted by Crippen LogP contribution is 2.26. The molecule has 0 fully saturated rings. The Morgan fingerprint density at radius 2 is 1.09 bits per heavy atom. The quantitative estimate of drug-likeness (QED) is 0.881. The molecule has 1 aromatic rings. The van der Waals surface area contributed by atoms with Gasteiger partial charge >= 0.3 is 0 Å². The Kier molecular flexibility index (Phi) is 3.96. The average Bonchev–Trinajstić information content (AvgIpc) is 3.10. The van der Waals surface area contributed by atoms with Crippen LogP contribution in [-0.2, 0) is 0 Å². The third-order valence-electron chi connectivity index (χ3n) is 3.99. The monoisotopic (exact) mass is 300 g/mol. The molecular formula is C16H24N6. The maximum atomic E-state index is 3.28. The summed E-state index contributed by atoms with van der Waals surface area (Å²) in [7, 11) is 4.07. The van der Waals surface area contributed by atoms with Crippen LogP contribution in [0.1, 0.15) is 25.0 Å². The first-order valence-corrected chi connectivity index (χ1v) is 7.70. The van der Waals surface area contributed by atoms with E-state index in [9.17, 15) is 0 Å². The first-order valence-electron chi connectivity index (χ1n) is 7.70. The van der Waals surface area contributed by atoms with Gasteiger partial charge in [0.2, 0.25) is 0 Å². The maximum absolute atomic E-state index is 3.28. The molecule has 2 heterocycles. The van der Waals surface area contributed by atoms with Gasteiger partial charge in [-0.05, 0) is 13.8 Å². The third-order valence-corrected chi connectivity index (χ3v) is 3.99. The average molecular weight is 300 g/mol. The van der Waals surface area contributed by atoms with Crippen LogP contribution in [0.4, 0.5) is 0 Å². The summed E-state index contributed by atoms with van der Waals surface area (Å²) < 4.78 is 0. The van der Waals surface area contributed by atoms with Crippen molar-refractivity contribution in [1.29, 1.82) is 0 Å². The molecule has 6 heteroatoms. The molecule has 0 radical (unpaired) electrons. The van der Waals surface area contributed by atoms with Gasteiger partial charge in [-0.1, -0.05) is 24.3 Å². The molecule has 22 heavy (non-hydrogen) atoms. The van der Waals surface area contributed by atoms with Crippen LogP contribution < -0.4 is 11.1 Å². The van der Waals surface area contributed by atoms with Crippen molar-refractivity contribution in [3.63, 3.8) is 0 Å². The molecule has 2 N–H and O–H groups in total. The summed E-state index contributed by atoms with van der Waals surface area (Å²) in [5.74, 6) is 0. The molecule has 0 aromatic heterocycles. The lowest BCUT2D eigenvalue weighted by Gasteiger charge is -2.20. The van der Waals surface area contributed by atoms with E-state index in [1.807, 2.05) is 24.1 Å². The summed E-state index contributed by atoms with van der Waals surface area (Å²) >= 11 is 0. The van der Waals surface area contributed by atoms with Crippen LogP contribution in [0, 0.1) is 0 Å². The van der Waals surface area contributed by atoms with Crippen LogP contribution in [0.15, 0.2) is 36.7 Å². The van der Waals surface area contributed by atoms with Gasteiger partial charge < -0.3 is 0 Å². The van der Waals surface area contributed by atoms with Gasteiger partial charge in [-0.2, -0.15) is 0 Å². The Morgan fingerprint density at radius 1 is 0.727 bits per heavy atom. The first kappa shape index (κ1) is 14.7. The first-order chi connectivity index (χ1) is 10.6. The Bertz CT molecular complexity index is 538. The fraction of sp³-hybridized carbons (Fsp3) is 0.375. The number of rotatable bonds is 4. The van der Waals surface area contributed by atoms with E-state index >= 15 is 0 Å². The summed E-state index contributed by atoms with van der Waals surface area (Å²) in [6, 6.07) is 8.67. The van der Waals surface area contributed by atoms with Gasteiger partial charge in [0.1, 0.15) is 0 Å². The number of hydrogen-bond acceptors (Lipinski definition) is 6. The van der Waals surface area contributed by atoms with Crippen molar-refractivity contribution in [2.24, 2.45) is 0 Å². The van der Waals surface area contributed by atoms with Gasteiger partial charge in [-0.25, -0.2) is 0 Å². The topological polar surface area (TPSA) is 37.0 Å². The molecule has 0 spiro atoms. The van der Waals surface area contributed by atoms with E-state index in [-0.39, 0.29) is 0 Å². The van der Waals surface area contributed by atoms with Crippen LogP contribution in [0.2, 0.25) is 0 Å². The third kappa shape index (κ3) is 2.63. The summed E-state index contributed by atoms with van der Waals surface area (Å²) in [5.41, 5.74) is 11.3. The number of hydrazine groups is 4. The van der Waals surface area contributed by atoms with E-state index in [1.165, 1.54) is 22.5 Å². The van der Waals surface area contributed by atoms with Gasteiger partial charge in [0.05, 0.1) is 11.4 Å². The number of nitrogens with one attached hydrogen (secondary N) is 2. The molecule has 2 aliphatic rings. The highest BCUT2D eigenvalue weighted by molar-refractivity contribution is 5.69. The largest absolute Gasteiger partial charge is 0.296 e. The fourth-order valence-corrected chi connectivity index (χ4v) is 2.69. The molecule has 0 saturated heterocycles. The summed E-state index contributed by atoms with van der Waals surface area (Å²) in [6.45, 7) is 6.11. The molecule has 0 atom stereocenters. The number of hydrogen-bond donors (Lipinski definition) is 2. The molecule has 0 bridgehead atoms. The summed E-state index contributed by atoms with van der Waals surface area (Å²) in [6.07, 6.45) is 4.27. The van der Waals surface area contributed by atoms with Crippen LogP contribution >= 0.6 is 0 Å². The van der Waals surface area contributed by atoms with E-state index in [2.05, 4.69) is 71.6 Å². The van der Waals surface area contributed by atoms with Crippen LogP contribution in [0.3, 0.4) is 0 Å². The smallest absolute Gasteiger partial charge is 0.0780 e. The minimum absolute atomic E-state index is 0.933. The van der Waals surface area contributed by atoms with Crippen molar-refractivity contribution in [2.75, 3.05) is 27.2 Å². The number of nitrogens with zero attached hydrogens (tertiary/aromatic N) is 4. The molecule has 6 nitrogen and oxygen atoms in total. The minimum atomic E-state index is 0.933. The molecule has 1 aromatic carbocycles. The molecular weight excluding hydrogens is 276 g/mol. The van der Waals surface area contributed by atoms with Crippen molar-refractivity contribution < 1.29 is 0 Å². The van der Waals surface area contributed by atoms with E-state index < -0.39 is 0 Å². The molecule has 0 unspecified atom stereocenters. The SMILES string of the molecule is CCN1C=C(c2ccc(C3=CN(CC)NN3C)cc2)N(C)N1. The molecule has 0 saturated carbocycles. The van der Waals surface area contributed by atoms with Crippen molar-refractivity contribution in [3.05, 3.63) is 47.8 Å². The van der Waals surface area contributed by atoms with E-state index in [1.54, 1.807) is 0 Å². The van der Waals surface area contributed by atoms with Crippen molar-refractivity contribution >= 4 is 11.4 Å². The zero-order valence-electron chi connectivity index (χ0n) is 13.7. The lowest BCUT2D eigenvalue weighted by molar-refractivity contribution is 0.174. The zero-order chi connectivity index (χ0) is 15.7. The van der Waals surface area contributed by atoms with Crippen molar-refractivity contribution in [2.45, 2.75) is 13.8 Å². The van der Waals surface area contributed by atoms with E-state index in [0.717, 1.165) is 13.1 Å². The van der Waals surface area contributed by atoms with E-state index in [4.69, 9.17) is 0 Å². The Morgan fingerprint density at radius 3 is 1.36 bits per heavy atom.